The first-order chi connectivity index (χ1) is 5.16. The van der Waals surface area contributed by atoms with Crippen molar-refractivity contribution in [2.75, 3.05) is 0 Å². The number of carbonyl (C=O) groups excluding carboxylic acids is 1. The Balaban J connectivity index is 3.36. The lowest BCUT2D eigenvalue weighted by Crippen LogP contribution is -1.85. The highest BCUT2D eigenvalue weighted by Crippen LogP contribution is 2.28. The summed E-state index contributed by atoms with van der Waals surface area (Å²) in [5, 5.41) is 0.509. The largest absolute Gasteiger partial charge is 0.298 e. The zero-order valence-electron chi connectivity index (χ0n) is 5.27. The van der Waals surface area contributed by atoms with Crippen molar-refractivity contribution in [3.8, 4) is 0 Å². The van der Waals surface area contributed by atoms with Gasteiger partial charge in [-0.05, 0) is 50.7 Å². The minimum Gasteiger partial charge on any atom is -0.298 e. The lowest BCUT2D eigenvalue weighted by atomic mass is 10.2. The Kier molecular flexibility index (Phi) is 3.33. The number of aldehydes is 1. The van der Waals surface area contributed by atoms with E-state index in [9.17, 15) is 4.79 Å². The summed E-state index contributed by atoms with van der Waals surface area (Å²) in [4.78, 5) is 10.4. The van der Waals surface area contributed by atoms with Crippen LogP contribution in [0.25, 0.3) is 0 Å². The monoisotopic (exact) mass is 344 g/mol. The molecule has 0 saturated carbocycles. The van der Waals surface area contributed by atoms with Crippen molar-refractivity contribution in [2.24, 2.45) is 0 Å². The third-order valence-electron chi connectivity index (χ3n) is 1.19. The van der Waals surface area contributed by atoms with Crippen LogP contribution in [0.5, 0.6) is 0 Å². The van der Waals surface area contributed by atoms with Gasteiger partial charge in [0.2, 0.25) is 0 Å². The second kappa shape index (κ2) is 3.87. The van der Waals surface area contributed by atoms with Gasteiger partial charge < -0.3 is 0 Å². The molecule has 1 nitrogen and oxygen atoms in total. The van der Waals surface area contributed by atoms with Crippen LogP contribution in [0.15, 0.2) is 16.6 Å². The molecule has 1 aromatic carbocycles. The van der Waals surface area contributed by atoms with Crippen LogP contribution in [0.2, 0.25) is 5.02 Å². The van der Waals surface area contributed by atoms with Crippen LogP contribution in [0.3, 0.4) is 0 Å². The van der Waals surface area contributed by atoms with Crippen molar-refractivity contribution in [1.29, 1.82) is 0 Å². The predicted molar refractivity (Wildman–Crippen MR) is 57.3 cm³/mol. The summed E-state index contributed by atoms with van der Waals surface area (Å²) in [5.41, 5.74) is 0.527. The molecule has 0 aliphatic rings. The van der Waals surface area contributed by atoms with E-state index < -0.39 is 0 Å². The molecule has 1 rings (SSSR count). The van der Waals surface area contributed by atoms with Gasteiger partial charge in [-0.15, -0.1) is 0 Å². The van der Waals surface area contributed by atoms with Crippen LogP contribution in [-0.4, -0.2) is 6.29 Å². The fraction of sp³-hybridized carbons (Fsp3) is 0. The highest BCUT2D eigenvalue weighted by atomic mass is 127. The lowest BCUT2D eigenvalue weighted by Gasteiger charge is -2.00. The van der Waals surface area contributed by atoms with E-state index in [0.29, 0.717) is 10.6 Å². The first-order valence-electron chi connectivity index (χ1n) is 2.75. The molecule has 1 aromatic rings. The summed E-state index contributed by atoms with van der Waals surface area (Å²) in [6, 6.07) is 3.49. The first kappa shape index (κ1) is 9.48. The molecule has 0 radical (unpaired) electrons. The Labute approximate surface area is 91.4 Å². The molecule has 0 atom stereocenters. The van der Waals surface area contributed by atoms with Crippen molar-refractivity contribution in [2.45, 2.75) is 0 Å². The smallest absolute Gasteiger partial charge is 0.151 e. The molecule has 0 N–H and O–H groups in total. The fourth-order valence-electron chi connectivity index (χ4n) is 0.632. The van der Waals surface area contributed by atoms with Crippen molar-refractivity contribution in [1.82, 2.24) is 0 Å². The summed E-state index contributed by atoms with van der Waals surface area (Å²) in [6.45, 7) is 0. The Hall–Kier alpha value is 0.390. The third kappa shape index (κ3) is 1.95. The average molecular weight is 345 g/mol. The van der Waals surface area contributed by atoms with Gasteiger partial charge in [-0.3, -0.25) is 4.79 Å². The van der Waals surface area contributed by atoms with Gasteiger partial charge in [-0.1, -0.05) is 11.6 Å². The Morgan fingerprint density at radius 1 is 1.55 bits per heavy atom. The second-order valence-electron chi connectivity index (χ2n) is 1.88. The van der Waals surface area contributed by atoms with Gasteiger partial charge >= 0.3 is 0 Å². The van der Waals surface area contributed by atoms with Crippen molar-refractivity contribution in [3.63, 3.8) is 0 Å². The molecule has 0 aliphatic carbocycles. The zero-order valence-corrected chi connectivity index (χ0v) is 9.77. The van der Waals surface area contributed by atoms with E-state index in [2.05, 4.69) is 38.5 Å². The normalized spacial score (nSPS) is 9.73. The maximum atomic E-state index is 10.4. The summed E-state index contributed by atoms with van der Waals surface area (Å²) < 4.78 is 1.78. The number of hydrogen-bond acceptors (Lipinski definition) is 1. The van der Waals surface area contributed by atoms with Gasteiger partial charge in [-0.25, -0.2) is 0 Å². The molecule has 0 unspecified atom stereocenters. The van der Waals surface area contributed by atoms with Gasteiger partial charge in [0.05, 0.1) is 5.02 Å². The Morgan fingerprint density at radius 3 is 2.73 bits per heavy atom. The fourth-order valence-corrected chi connectivity index (χ4v) is 1.78. The molecule has 0 heterocycles. The van der Waals surface area contributed by atoms with Crippen LogP contribution in [-0.2, 0) is 0 Å². The van der Waals surface area contributed by atoms with Crippen LogP contribution >= 0.6 is 50.1 Å². The topological polar surface area (TPSA) is 17.1 Å². The van der Waals surface area contributed by atoms with Crippen molar-refractivity contribution < 1.29 is 4.79 Å². The molecule has 0 spiro atoms. The van der Waals surface area contributed by atoms with Crippen molar-refractivity contribution >= 4 is 56.4 Å². The van der Waals surface area contributed by atoms with Gasteiger partial charge in [0.25, 0.3) is 0 Å². The highest BCUT2D eigenvalue weighted by molar-refractivity contribution is 14.1. The van der Waals surface area contributed by atoms with Crippen LogP contribution < -0.4 is 0 Å². The molecular formula is C7H3BrClIO. The van der Waals surface area contributed by atoms with Gasteiger partial charge in [0.1, 0.15) is 0 Å². The molecule has 0 fully saturated rings. The molecular weight excluding hydrogens is 342 g/mol. The van der Waals surface area contributed by atoms with Crippen LogP contribution in [0, 0.1) is 3.57 Å². The number of carbonyl (C=O) groups is 1. The maximum absolute atomic E-state index is 10.4. The third-order valence-corrected chi connectivity index (χ3v) is 4.44. The SMILES string of the molecule is O=Cc1ccc(Br)c(I)c1Cl. The second-order valence-corrected chi connectivity index (χ2v) is 4.19. The number of hydrogen-bond donors (Lipinski definition) is 0. The molecule has 4 heteroatoms. The number of halogens is 3. The van der Waals surface area contributed by atoms with Crippen LogP contribution in [0.4, 0.5) is 0 Å². The Morgan fingerprint density at radius 2 is 2.18 bits per heavy atom. The zero-order chi connectivity index (χ0) is 8.43. The quantitative estimate of drug-likeness (QED) is 0.432. The molecule has 0 aromatic heterocycles. The van der Waals surface area contributed by atoms with E-state index in [-0.39, 0.29) is 0 Å². The van der Waals surface area contributed by atoms with Gasteiger partial charge in [0, 0.05) is 13.6 Å². The minimum absolute atomic E-state index is 0.509. The van der Waals surface area contributed by atoms with E-state index in [4.69, 9.17) is 11.6 Å². The predicted octanol–water partition coefficient (Wildman–Crippen LogP) is 3.52. The first-order valence-corrected chi connectivity index (χ1v) is 5.00. The molecule has 58 valence electrons. The maximum Gasteiger partial charge on any atom is 0.151 e. The minimum atomic E-state index is 0.509. The molecule has 0 saturated heterocycles. The molecule has 0 amide bonds. The molecule has 11 heavy (non-hydrogen) atoms. The van der Waals surface area contributed by atoms with E-state index in [1.807, 2.05) is 0 Å². The van der Waals surface area contributed by atoms with Crippen molar-refractivity contribution in [3.05, 3.63) is 30.8 Å². The number of benzene rings is 1. The Bertz CT molecular complexity index is 301. The van der Waals surface area contributed by atoms with E-state index >= 15 is 0 Å². The molecule has 0 aliphatic heterocycles. The van der Waals surface area contributed by atoms with E-state index in [1.165, 1.54) is 0 Å². The molecule has 0 bridgehead atoms. The summed E-state index contributed by atoms with van der Waals surface area (Å²) in [5.74, 6) is 0. The summed E-state index contributed by atoms with van der Waals surface area (Å²) in [7, 11) is 0. The summed E-state index contributed by atoms with van der Waals surface area (Å²) in [6.07, 6.45) is 0.747. The number of rotatable bonds is 1. The van der Waals surface area contributed by atoms with Gasteiger partial charge in [0.15, 0.2) is 6.29 Å². The van der Waals surface area contributed by atoms with Gasteiger partial charge in [-0.2, -0.15) is 0 Å². The highest BCUT2D eigenvalue weighted by Gasteiger charge is 2.05. The van der Waals surface area contributed by atoms with E-state index in [1.54, 1.807) is 12.1 Å². The standard InChI is InChI=1S/C7H3BrClIO/c8-5-2-1-4(3-11)6(9)7(5)10/h1-3H. The summed E-state index contributed by atoms with van der Waals surface area (Å²) >= 11 is 11.2. The van der Waals surface area contributed by atoms with Crippen LogP contribution in [0.1, 0.15) is 10.4 Å². The van der Waals surface area contributed by atoms with E-state index in [0.717, 1.165) is 14.3 Å². The average Bonchev–Trinajstić information content (AvgIpc) is 2.01. The lowest BCUT2D eigenvalue weighted by molar-refractivity contribution is 0.112.